The second-order valence-electron chi connectivity index (χ2n) is 7.48. The van der Waals surface area contributed by atoms with Gasteiger partial charge in [0.25, 0.3) is 5.56 Å². The lowest BCUT2D eigenvalue weighted by Gasteiger charge is -2.21. The van der Waals surface area contributed by atoms with E-state index in [1.807, 2.05) is 0 Å². The maximum absolute atomic E-state index is 13.7. The van der Waals surface area contributed by atoms with Crippen LogP contribution in [0.2, 0.25) is 0 Å². The van der Waals surface area contributed by atoms with Crippen LogP contribution < -0.4 is 16.3 Å². The lowest BCUT2D eigenvalue weighted by Crippen LogP contribution is -2.34. The summed E-state index contributed by atoms with van der Waals surface area (Å²) in [5.74, 6) is 0.562. The predicted octanol–water partition coefficient (Wildman–Crippen LogP) is 4.13. The molecule has 0 aliphatic heterocycles. The summed E-state index contributed by atoms with van der Waals surface area (Å²) in [6.45, 7) is 1.72. The van der Waals surface area contributed by atoms with Crippen molar-refractivity contribution >= 4 is 33.6 Å². The van der Waals surface area contributed by atoms with Crippen molar-refractivity contribution in [1.29, 1.82) is 0 Å². The van der Waals surface area contributed by atoms with Crippen LogP contribution in [0.15, 0.2) is 66.0 Å². The fourth-order valence-electron chi connectivity index (χ4n) is 3.67. The van der Waals surface area contributed by atoms with E-state index in [4.69, 9.17) is 0 Å². The Labute approximate surface area is 189 Å². The molecule has 5 rings (SSSR count). The molecule has 0 bridgehead atoms. The molecule has 2 aromatic carbocycles. The molecule has 3 N–H and O–H groups in total. The van der Waals surface area contributed by atoms with E-state index in [1.165, 1.54) is 24.8 Å². The van der Waals surface area contributed by atoms with Gasteiger partial charge in [-0.2, -0.15) is 13.2 Å². The number of aromatic amines is 1. The van der Waals surface area contributed by atoms with E-state index in [1.54, 1.807) is 37.3 Å². The van der Waals surface area contributed by atoms with Crippen molar-refractivity contribution in [2.24, 2.45) is 0 Å². The number of nitrogens with one attached hydrogen (secondary N) is 3. The molecule has 0 aliphatic rings. The number of hydrogen-bond acceptors (Lipinski definition) is 7. The highest BCUT2D eigenvalue weighted by atomic mass is 19.4. The second kappa shape index (κ2) is 8.14. The van der Waals surface area contributed by atoms with Crippen LogP contribution in [0.4, 0.5) is 24.7 Å². The maximum Gasteiger partial charge on any atom is 0.417 e. The lowest BCUT2D eigenvalue weighted by atomic mass is 10.1. The summed E-state index contributed by atoms with van der Waals surface area (Å²) < 4.78 is 42.1. The first-order valence-electron chi connectivity index (χ1n) is 10.2. The normalized spacial score (nSPS) is 12.7. The Morgan fingerprint density at radius 3 is 2.59 bits per heavy atom. The van der Waals surface area contributed by atoms with Gasteiger partial charge in [0.2, 0.25) is 0 Å². The van der Waals surface area contributed by atoms with Crippen molar-refractivity contribution in [2.75, 3.05) is 10.7 Å². The van der Waals surface area contributed by atoms with Crippen molar-refractivity contribution in [1.82, 2.24) is 29.6 Å². The number of rotatable bonds is 5. The van der Waals surface area contributed by atoms with Crippen LogP contribution in [0.1, 0.15) is 24.4 Å². The maximum atomic E-state index is 13.7. The Morgan fingerprint density at radius 1 is 1.03 bits per heavy atom. The number of imidazole rings is 1. The van der Waals surface area contributed by atoms with Crippen LogP contribution in [0.3, 0.4) is 0 Å². The summed E-state index contributed by atoms with van der Waals surface area (Å²) in [6.07, 6.45) is -1.92. The van der Waals surface area contributed by atoms with Gasteiger partial charge in [-0.05, 0) is 31.2 Å². The molecule has 34 heavy (non-hydrogen) atoms. The molecule has 12 heteroatoms. The van der Waals surface area contributed by atoms with Gasteiger partial charge in [0, 0.05) is 0 Å². The third-order valence-corrected chi connectivity index (χ3v) is 5.21. The van der Waals surface area contributed by atoms with Crippen LogP contribution in [-0.4, -0.2) is 29.6 Å². The molecule has 0 amide bonds. The molecule has 0 aliphatic carbocycles. The summed E-state index contributed by atoms with van der Waals surface area (Å²) in [6, 6.07) is 11.5. The van der Waals surface area contributed by atoms with Gasteiger partial charge < -0.3 is 10.3 Å². The highest BCUT2D eigenvalue weighted by molar-refractivity contribution is 5.83. The number of alkyl halides is 3. The van der Waals surface area contributed by atoms with Crippen molar-refractivity contribution < 1.29 is 13.2 Å². The van der Waals surface area contributed by atoms with Crippen molar-refractivity contribution in [3.05, 3.63) is 82.9 Å². The van der Waals surface area contributed by atoms with E-state index >= 15 is 0 Å². The molecule has 172 valence electrons. The first kappa shape index (κ1) is 21.4. The van der Waals surface area contributed by atoms with Gasteiger partial charge in [-0.25, -0.2) is 24.6 Å². The van der Waals surface area contributed by atoms with Gasteiger partial charge in [-0.1, -0.05) is 24.3 Å². The molecule has 0 spiro atoms. The van der Waals surface area contributed by atoms with Crippen LogP contribution in [0.25, 0.3) is 22.1 Å². The molecular formula is C22H17F3N8O. The fourth-order valence-corrected chi connectivity index (χ4v) is 3.67. The first-order valence-corrected chi connectivity index (χ1v) is 10.2. The smallest absolute Gasteiger partial charge is 0.358 e. The number of benzene rings is 2. The summed E-state index contributed by atoms with van der Waals surface area (Å²) in [4.78, 5) is 33.2. The number of fused-ring (bicyclic) bond motifs is 2. The molecule has 9 nitrogen and oxygen atoms in total. The number of anilines is 2. The first-order chi connectivity index (χ1) is 16.3. The number of halogens is 3. The molecular weight excluding hydrogens is 449 g/mol. The van der Waals surface area contributed by atoms with Crippen LogP contribution >= 0.6 is 0 Å². The standard InChI is InChI=1S/C22H17F3N8O/c1-12(30-19-17-18(27-10-26-17)28-11-29-19)20-31-15-9-5-8-14(22(23,24)25)16(15)21(34)33(20)32-13-6-3-2-4-7-13/h2-12,32H,1H3,(H2,26,27,28,29,30)/t12-/m0/s1. The lowest BCUT2D eigenvalue weighted by molar-refractivity contribution is -0.136. The minimum Gasteiger partial charge on any atom is -0.358 e. The Kier molecular flexibility index (Phi) is 5.11. The molecule has 5 aromatic rings. The number of H-pyrrole nitrogens is 1. The number of aromatic nitrogens is 6. The second-order valence-corrected chi connectivity index (χ2v) is 7.48. The minimum atomic E-state index is -4.72. The van der Waals surface area contributed by atoms with Gasteiger partial charge in [-0.3, -0.25) is 10.2 Å². The van der Waals surface area contributed by atoms with Gasteiger partial charge in [0.1, 0.15) is 11.8 Å². The molecule has 3 aromatic heterocycles. The summed E-state index contributed by atoms with van der Waals surface area (Å²) in [5, 5.41) is 2.62. The van der Waals surface area contributed by atoms with Crippen LogP contribution in [-0.2, 0) is 6.18 Å². The number of nitrogens with zero attached hydrogens (tertiary/aromatic N) is 5. The van der Waals surface area contributed by atoms with Crippen molar-refractivity contribution in [2.45, 2.75) is 19.1 Å². The number of hydrogen-bond donors (Lipinski definition) is 3. The van der Waals surface area contributed by atoms with E-state index in [9.17, 15) is 18.0 Å². The van der Waals surface area contributed by atoms with E-state index < -0.39 is 28.7 Å². The highest BCUT2D eigenvalue weighted by Crippen LogP contribution is 2.33. The van der Waals surface area contributed by atoms with Gasteiger partial charge >= 0.3 is 6.18 Å². The van der Waals surface area contributed by atoms with Crippen molar-refractivity contribution in [3.8, 4) is 0 Å². The Hall–Kier alpha value is -4.48. The van der Waals surface area contributed by atoms with E-state index in [-0.39, 0.29) is 11.3 Å². The van der Waals surface area contributed by atoms with E-state index in [0.29, 0.717) is 22.7 Å². The third-order valence-electron chi connectivity index (χ3n) is 5.21. The molecule has 0 radical (unpaired) electrons. The minimum absolute atomic E-state index is 0.0658. The summed E-state index contributed by atoms with van der Waals surface area (Å²) in [7, 11) is 0. The monoisotopic (exact) mass is 466 g/mol. The molecule has 1 atom stereocenters. The SMILES string of the molecule is C[C@H](Nc1ncnc2nc[nH]c12)c1nc2cccc(C(F)(F)F)c2c(=O)n1Nc1ccccc1. The number of para-hydroxylation sites is 1. The molecule has 0 saturated heterocycles. The quantitative estimate of drug-likeness (QED) is 0.357. The van der Waals surface area contributed by atoms with Gasteiger partial charge in [0.05, 0.1) is 34.5 Å². The van der Waals surface area contributed by atoms with Crippen molar-refractivity contribution in [3.63, 3.8) is 0 Å². The zero-order valence-electron chi connectivity index (χ0n) is 17.6. The summed E-state index contributed by atoms with van der Waals surface area (Å²) >= 11 is 0. The molecule has 3 heterocycles. The van der Waals surface area contributed by atoms with Crippen LogP contribution in [0, 0.1) is 0 Å². The Morgan fingerprint density at radius 2 is 1.82 bits per heavy atom. The third kappa shape index (κ3) is 3.78. The zero-order chi connectivity index (χ0) is 23.9. The van der Waals surface area contributed by atoms with E-state index in [0.717, 1.165) is 10.7 Å². The molecule has 0 fully saturated rings. The topological polar surface area (TPSA) is 113 Å². The fraction of sp³-hybridized carbons (Fsp3) is 0.136. The average molecular weight is 466 g/mol. The largest absolute Gasteiger partial charge is 0.417 e. The van der Waals surface area contributed by atoms with Gasteiger partial charge in [0.15, 0.2) is 17.3 Å². The van der Waals surface area contributed by atoms with Crippen LogP contribution in [0.5, 0.6) is 0 Å². The Bertz CT molecular complexity index is 1550. The average Bonchev–Trinajstić information content (AvgIpc) is 3.30. The van der Waals surface area contributed by atoms with E-state index in [2.05, 4.69) is 35.7 Å². The molecule has 0 unspecified atom stereocenters. The molecule has 0 saturated carbocycles. The Balaban J connectivity index is 1.69. The predicted molar refractivity (Wildman–Crippen MR) is 120 cm³/mol. The van der Waals surface area contributed by atoms with Gasteiger partial charge in [-0.15, -0.1) is 0 Å². The summed E-state index contributed by atoms with van der Waals surface area (Å²) in [5.41, 5.74) is 2.38. The highest BCUT2D eigenvalue weighted by Gasteiger charge is 2.34. The zero-order valence-corrected chi connectivity index (χ0v) is 17.6.